The Labute approximate surface area is 101 Å². The van der Waals surface area contributed by atoms with E-state index in [2.05, 4.69) is 4.98 Å². The van der Waals surface area contributed by atoms with Gasteiger partial charge in [-0.3, -0.25) is 0 Å². The van der Waals surface area contributed by atoms with Gasteiger partial charge in [-0.15, -0.1) is 11.3 Å². The molecule has 2 rings (SSSR count). The summed E-state index contributed by atoms with van der Waals surface area (Å²) in [7, 11) is 0. The molecule has 2 nitrogen and oxygen atoms in total. The highest BCUT2D eigenvalue weighted by Gasteiger charge is 2.04. The van der Waals surface area contributed by atoms with Crippen molar-refractivity contribution in [1.29, 1.82) is 0 Å². The first-order valence-electron chi connectivity index (χ1n) is 4.59. The fourth-order valence-electron chi connectivity index (χ4n) is 1.17. The molecule has 2 aromatic rings. The first-order chi connectivity index (χ1) is 7.29. The Kier molecular flexibility index (Phi) is 3.86. The molecule has 0 saturated heterocycles. The van der Waals surface area contributed by atoms with E-state index in [0.717, 1.165) is 31.8 Å². The number of thioether (sulfide) groups is 1. The minimum absolute atomic E-state index is 0.240. The molecule has 0 aliphatic rings. The largest absolute Gasteiger partial charge is 0.396 e. The SMILES string of the molecule is OCCCSc1nc2cc(Cl)ccc2s1. The third kappa shape index (κ3) is 2.84. The van der Waals surface area contributed by atoms with Crippen LogP contribution in [0.5, 0.6) is 0 Å². The number of aliphatic hydroxyl groups excluding tert-OH is 1. The summed E-state index contributed by atoms with van der Waals surface area (Å²) in [5.74, 6) is 0.907. The molecule has 0 aliphatic heterocycles. The molecule has 0 aliphatic carbocycles. The minimum atomic E-state index is 0.240. The number of benzene rings is 1. The summed E-state index contributed by atoms with van der Waals surface area (Å²) in [5.41, 5.74) is 0.957. The van der Waals surface area contributed by atoms with Crippen LogP contribution in [0.25, 0.3) is 10.2 Å². The highest BCUT2D eigenvalue weighted by atomic mass is 35.5. The monoisotopic (exact) mass is 259 g/mol. The lowest BCUT2D eigenvalue weighted by Crippen LogP contribution is -1.84. The van der Waals surface area contributed by atoms with Crippen LogP contribution in [-0.2, 0) is 0 Å². The Bertz CT molecular complexity index is 458. The van der Waals surface area contributed by atoms with Gasteiger partial charge in [0.05, 0.1) is 10.2 Å². The third-order valence-corrected chi connectivity index (χ3v) is 4.36. The first kappa shape index (κ1) is 11.2. The molecule has 0 bridgehead atoms. The van der Waals surface area contributed by atoms with Gasteiger partial charge in [0, 0.05) is 17.4 Å². The van der Waals surface area contributed by atoms with Gasteiger partial charge >= 0.3 is 0 Å². The van der Waals surface area contributed by atoms with E-state index in [0.29, 0.717) is 0 Å². The third-order valence-electron chi connectivity index (χ3n) is 1.86. The first-order valence-corrected chi connectivity index (χ1v) is 6.77. The maximum atomic E-state index is 8.67. The topological polar surface area (TPSA) is 33.1 Å². The van der Waals surface area contributed by atoms with Crippen molar-refractivity contribution in [1.82, 2.24) is 4.98 Å². The van der Waals surface area contributed by atoms with Gasteiger partial charge in [-0.25, -0.2) is 4.98 Å². The number of thiazole rings is 1. The van der Waals surface area contributed by atoms with Crippen molar-refractivity contribution in [2.45, 2.75) is 10.8 Å². The summed E-state index contributed by atoms with van der Waals surface area (Å²) >= 11 is 9.23. The van der Waals surface area contributed by atoms with Crippen LogP contribution in [0.3, 0.4) is 0 Å². The van der Waals surface area contributed by atoms with E-state index in [1.54, 1.807) is 23.1 Å². The maximum absolute atomic E-state index is 8.67. The summed E-state index contributed by atoms with van der Waals surface area (Å²) in [4.78, 5) is 4.46. The highest BCUT2D eigenvalue weighted by molar-refractivity contribution is 8.01. The zero-order chi connectivity index (χ0) is 10.7. The summed E-state index contributed by atoms with van der Waals surface area (Å²) in [6, 6.07) is 5.75. The second-order valence-corrected chi connectivity index (χ2v) is 5.83. The average Bonchev–Trinajstić information content (AvgIpc) is 2.60. The molecule has 0 amide bonds. The van der Waals surface area contributed by atoms with Crippen LogP contribution in [0.4, 0.5) is 0 Å². The van der Waals surface area contributed by atoms with Crippen molar-refractivity contribution in [3.05, 3.63) is 23.2 Å². The van der Waals surface area contributed by atoms with Gasteiger partial charge in [0.1, 0.15) is 0 Å². The molecule has 0 radical (unpaired) electrons. The van der Waals surface area contributed by atoms with E-state index in [-0.39, 0.29) is 6.61 Å². The summed E-state index contributed by atoms with van der Waals surface area (Å²) in [6.07, 6.45) is 0.807. The standard InChI is InChI=1S/C10H10ClNOS2/c11-7-2-3-9-8(6-7)12-10(15-9)14-5-1-4-13/h2-3,6,13H,1,4-5H2. The quantitative estimate of drug-likeness (QED) is 0.675. The molecule has 1 heterocycles. The molecular weight excluding hydrogens is 250 g/mol. The molecule has 1 N–H and O–H groups in total. The Morgan fingerprint density at radius 2 is 2.33 bits per heavy atom. The average molecular weight is 260 g/mol. The molecular formula is C10H10ClNOS2. The van der Waals surface area contributed by atoms with E-state index in [9.17, 15) is 0 Å². The van der Waals surface area contributed by atoms with Crippen molar-refractivity contribution < 1.29 is 5.11 Å². The number of halogens is 1. The lowest BCUT2D eigenvalue weighted by molar-refractivity contribution is 0.296. The van der Waals surface area contributed by atoms with Gasteiger partial charge in [-0.2, -0.15) is 0 Å². The number of nitrogens with zero attached hydrogens (tertiary/aromatic N) is 1. The summed E-state index contributed by atoms with van der Waals surface area (Å²) in [6.45, 7) is 0.240. The van der Waals surface area contributed by atoms with Gasteiger partial charge < -0.3 is 5.11 Å². The molecule has 15 heavy (non-hydrogen) atoms. The van der Waals surface area contributed by atoms with Gasteiger partial charge in [0.25, 0.3) is 0 Å². The van der Waals surface area contributed by atoms with Gasteiger partial charge in [-0.1, -0.05) is 23.4 Å². The fourth-order valence-corrected chi connectivity index (χ4v) is 3.37. The second-order valence-electron chi connectivity index (χ2n) is 3.02. The van der Waals surface area contributed by atoms with Crippen LogP contribution in [-0.4, -0.2) is 22.5 Å². The Morgan fingerprint density at radius 1 is 1.47 bits per heavy atom. The Balaban J connectivity index is 2.16. The van der Waals surface area contributed by atoms with Crippen molar-refractivity contribution >= 4 is 44.9 Å². The summed E-state index contributed by atoms with van der Waals surface area (Å²) in [5, 5.41) is 9.39. The Hall–Kier alpha value is -0.290. The molecule has 1 aromatic carbocycles. The van der Waals surface area contributed by atoms with Crippen LogP contribution in [0.2, 0.25) is 5.02 Å². The number of hydrogen-bond acceptors (Lipinski definition) is 4. The zero-order valence-electron chi connectivity index (χ0n) is 7.94. The van der Waals surface area contributed by atoms with Crippen LogP contribution in [0.15, 0.2) is 22.5 Å². The normalized spacial score (nSPS) is 11.1. The minimum Gasteiger partial charge on any atom is -0.396 e. The second kappa shape index (κ2) is 5.16. The molecule has 0 spiro atoms. The number of hydrogen-bond donors (Lipinski definition) is 1. The van der Waals surface area contributed by atoms with Crippen molar-refractivity contribution in [3.63, 3.8) is 0 Å². The van der Waals surface area contributed by atoms with Crippen LogP contribution in [0.1, 0.15) is 6.42 Å². The van der Waals surface area contributed by atoms with Crippen LogP contribution in [0, 0.1) is 0 Å². The van der Waals surface area contributed by atoms with E-state index in [1.807, 2.05) is 18.2 Å². The van der Waals surface area contributed by atoms with E-state index in [4.69, 9.17) is 16.7 Å². The number of aromatic nitrogens is 1. The van der Waals surface area contributed by atoms with Gasteiger partial charge in [0.15, 0.2) is 4.34 Å². The van der Waals surface area contributed by atoms with Crippen LogP contribution < -0.4 is 0 Å². The molecule has 0 saturated carbocycles. The van der Waals surface area contributed by atoms with Crippen molar-refractivity contribution in [3.8, 4) is 0 Å². The van der Waals surface area contributed by atoms with Gasteiger partial charge in [0.2, 0.25) is 0 Å². The van der Waals surface area contributed by atoms with E-state index >= 15 is 0 Å². The summed E-state index contributed by atoms with van der Waals surface area (Å²) < 4.78 is 2.20. The predicted octanol–water partition coefficient (Wildman–Crippen LogP) is 3.42. The number of rotatable bonds is 4. The lowest BCUT2D eigenvalue weighted by atomic mass is 10.3. The van der Waals surface area contributed by atoms with E-state index in [1.165, 1.54) is 0 Å². The zero-order valence-corrected chi connectivity index (χ0v) is 10.3. The van der Waals surface area contributed by atoms with Crippen molar-refractivity contribution in [2.75, 3.05) is 12.4 Å². The number of aliphatic hydroxyl groups is 1. The van der Waals surface area contributed by atoms with Crippen LogP contribution >= 0.6 is 34.7 Å². The molecule has 80 valence electrons. The van der Waals surface area contributed by atoms with Gasteiger partial charge in [-0.05, 0) is 24.6 Å². The predicted molar refractivity (Wildman–Crippen MR) is 67.1 cm³/mol. The van der Waals surface area contributed by atoms with E-state index < -0.39 is 0 Å². The fraction of sp³-hybridized carbons (Fsp3) is 0.300. The maximum Gasteiger partial charge on any atom is 0.151 e. The Morgan fingerprint density at radius 3 is 3.13 bits per heavy atom. The van der Waals surface area contributed by atoms with Crippen molar-refractivity contribution in [2.24, 2.45) is 0 Å². The molecule has 1 aromatic heterocycles. The molecule has 0 unspecified atom stereocenters. The highest BCUT2D eigenvalue weighted by Crippen LogP contribution is 2.31. The molecule has 0 atom stereocenters. The smallest absolute Gasteiger partial charge is 0.151 e. The molecule has 0 fully saturated rings. The number of fused-ring (bicyclic) bond motifs is 1. The lowest BCUT2D eigenvalue weighted by Gasteiger charge is -1.92. The molecule has 5 heteroatoms.